The van der Waals surface area contributed by atoms with Crippen LogP contribution in [-0.2, 0) is 0 Å². The second-order valence-corrected chi connectivity index (χ2v) is 6.02. The molecule has 1 aromatic carbocycles. The third-order valence-corrected chi connectivity index (χ3v) is 5.41. The van der Waals surface area contributed by atoms with Gasteiger partial charge in [-0.25, -0.2) is 4.39 Å². The summed E-state index contributed by atoms with van der Waals surface area (Å²) in [4.78, 5) is 0. The summed E-state index contributed by atoms with van der Waals surface area (Å²) in [5.74, 6) is -0.175. The van der Waals surface area contributed by atoms with Gasteiger partial charge >= 0.3 is 0 Å². The minimum Gasteiger partial charge on any atom is -0.309 e. The Morgan fingerprint density at radius 1 is 1.22 bits per heavy atom. The average molecular weight is 269 g/mol. The second-order valence-electron chi connectivity index (χ2n) is 4.75. The van der Waals surface area contributed by atoms with Gasteiger partial charge < -0.3 is 5.32 Å². The van der Waals surface area contributed by atoms with Crippen LogP contribution in [0.4, 0.5) is 4.39 Å². The van der Waals surface area contributed by atoms with Crippen molar-refractivity contribution in [2.24, 2.45) is 0 Å². The van der Waals surface area contributed by atoms with Gasteiger partial charge in [-0.1, -0.05) is 26.0 Å². The molecule has 0 saturated heterocycles. The third-order valence-electron chi connectivity index (χ3n) is 3.82. The van der Waals surface area contributed by atoms with Crippen LogP contribution >= 0.6 is 11.8 Å². The van der Waals surface area contributed by atoms with Crippen molar-refractivity contribution >= 4 is 11.8 Å². The van der Waals surface area contributed by atoms with Crippen LogP contribution < -0.4 is 5.32 Å². The highest BCUT2D eigenvalue weighted by Crippen LogP contribution is 2.30. The molecule has 1 N–H and O–H groups in total. The summed E-state index contributed by atoms with van der Waals surface area (Å²) in [6.45, 7) is 7.60. The van der Waals surface area contributed by atoms with Crippen LogP contribution in [0.25, 0.3) is 0 Å². The van der Waals surface area contributed by atoms with E-state index in [0.717, 1.165) is 24.9 Å². The van der Waals surface area contributed by atoms with Crippen molar-refractivity contribution in [3.8, 4) is 0 Å². The molecule has 0 amide bonds. The molecule has 0 saturated carbocycles. The Balaban J connectivity index is 2.59. The van der Waals surface area contributed by atoms with Crippen molar-refractivity contribution in [2.75, 3.05) is 12.8 Å². The highest BCUT2D eigenvalue weighted by molar-refractivity contribution is 8.00. The lowest BCUT2D eigenvalue weighted by atomic mass is 10.0. The number of thioether (sulfide) groups is 1. The molecule has 18 heavy (non-hydrogen) atoms. The van der Waals surface area contributed by atoms with E-state index in [-0.39, 0.29) is 11.9 Å². The lowest BCUT2D eigenvalue weighted by Crippen LogP contribution is -2.37. The van der Waals surface area contributed by atoms with E-state index in [9.17, 15) is 4.39 Å². The van der Waals surface area contributed by atoms with E-state index in [2.05, 4.69) is 32.3 Å². The molecule has 0 spiro atoms. The summed E-state index contributed by atoms with van der Waals surface area (Å²) < 4.78 is 13.2. The van der Waals surface area contributed by atoms with Gasteiger partial charge in [0.25, 0.3) is 0 Å². The van der Waals surface area contributed by atoms with Crippen LogP contribution in [0.2, 0.25) is 0 Å². The highest BCUT2D eigenvalue weighted by atomic mass is 32.2. The number of hydrogen-bond acceptors (Lipinski definition) is 2. The Kier molecular flexibility index (Phi) is 6.16. The maximum atomic E-state index is 12.9. The topological polar surface area (TPSA) is 12.0 Å². The predicted molar refractivity (Wildman–Crippen MR) is 79.6 cm³/mol. The Bertz CT molecular complexity index is 338. The van der Waals surface area contributed by atoms with Crippen molar-refractivity contribution < 1.29 is 4.39 Å². The zero-order valence-corrected chi connectivity index (χ0v) is 12.6. The summed E-state index contributed by atoms with van der Waals surface area (Å²) >= 11 is 1.93. The maximum absolute atomic E-state index is 12.9. The molecule has 0 aliphatic rings. The van der Waals surface area contributed by atoms with Crippen LogP contribution in [-0.4, -0.2) is 17.5 Å². The summed E-state index contributed by atoms with van der Waals surface area (Å²) in [7, 11) is 0. The Hall–Kier alpha value is -0.540. The van der Waals surface area contributed by atoms with Gasteiger partial charge in [0.15, 0.2) is 0 Å². The van der Waals surface area contributed by atoms with Crippen LogP contribution in [0.1, 0.15) is 45.2 Å². The smallest absolute Gasteiger partial charge is 0.123 e. The van der Waals surface area contributed by atoms with E-state index in [1.54, 1.807) is 0 Å². The highest BCUT2D eigenvalue weighted by Gasteiger charge is 2.25. The molecule has 0 aliphatic carbocycles. The first-order valence-electron chi connectivity index (χ1n) is 6.61. The first-order chi connectivity index (χ1) is 8.56. The van der Waals surface area contributed by atoms with Gasteiger partial charge in [-0.15, -0.1) is 0 Å². The minimum absolute atomic E-state index is 0.175. The number of rotatable bonds is 7. The molecule has 3 heteroatoms. The fourth-order valence-electron chi connectivity index (χ4n) is 2.07. The molecule has 0 bridgehead atoms. The zero-order chi connectivity index (χ0) is 13.6. The monoisotopic (exact) mass is 269 g/mol. The molecular weight excluding hydrogens is 245 g/mol. The Morgan fingerprint density at radius 3 is 2.22 bits per heavy atom. The van der Waals surface area contributed by atoms with Gasteiger partial charge in [-0.2, -0.15) is 11.8 Å². The van der Waals surface area contributed by atoms with E-state index in [1.165, 1.54) is 12.1 Å². The quantitative estimate of drug-likeness (QED) is 0.787. The first kappa shape index (κ1) is 15.5. The maximum Gasteiger partial charge on any atom is 0.123 e. The molecule has 1 aromatic rings. The number of hydrogen-bond donors (Lipinski definition) is 1. The third kappa shape index (κ3) is 3.99. The van der Waals surface area contributed by atoms with Gasteiger partial charge in [-0.05, 0) is 43.7 Å². The van der Waals surface area contributed by atoms with Crippen molar-refractivity contribution in [3.63, 3.8) is 0 Å². The number of halogens is 1. The molecule has 0 radical (unpaired) electrons. The van der Waals surface area contributed by atoms with E-state index in [0.29, 0.717) is 4.75 Å². The molecule has 0 aromatic heterocycles. The SMILES string of the molecule is CCC(CC)(CNC(C)c1ccc(F)cc1)SC. The first-order valence-corrected chi connectivity index (χ1v) is 7.83. The van der Waals surface area contributed by atoms with Crippen molar-refractivity contribution in [1.82, 2.24) is 5.32 Å². The lowest BCUT2D eigenvalue weighted by molar-refractivity contribution is 0.459. The molecule has 1 atom stereocenters. The molecule has 1 unspecified atom stereocenters. The summed E-state index contributed by atoms with van der Waals surface area (Å²) in [5, 5.41) is 3.57. The fraction of sp³-hybridized carbons (Fsp3) is 0.600. The van der Waals surface area contributed by atoms with E-state index in [4.69, 9.17) is 0 Å². The van der Waals surface area contributed by atoms with Crippen molar-refractivity contribution in [3.05, 3.63) is 35.6 Å². The van der Waals surface area contributed by atoms with E-state index >= 15 is 0 Å². The Labute approximate surface area is 115 Å². The van der Waals surface area contributed by atoms with Crippen LogP contribution in [0.3, 0.4) is 0 Å². The molecule has 0 heterocycles. The summed E-state index contributed by atoms with van der Waals surface area (Å²) in [6, 6.07) is 7.01. The standard InChI is InChI=1S/C15H24FNS/c1-5-15(6-2,18-4)11-17-12(3)13-7-9-14(16)10-8-13/h7-10,12,17H,5-6,11H2,1-4H3. The molecule has 0 fully saturated rings. The largest absolute Gasteiger partial charge is 0.309 e. The van der Waals surface area contributed by atoms with E-state index in [1.807, 2.05) is 23.9 Å². The molecular formula is C15H24FNS. The lowest BCUT2D eigenvalue weighted by Gasteiger charge is -2.31. The summed E-state index contributed by atoms with van der Waals surface area (Å²) in [5.41, 5.74) is 1.14. The van der Waals surface area contributed by atoms with Gasteiger partial charge in [0.05, 0.1) is 0 Å². The molecule has 102 valence electrons. The van der Waals surface area contributed by atoms with Crippen LogP contribution in [0.5, 0.6) is 0 Å². The fourth-order valence-corrected chi connectivity index (χ4v) is 2.87. The van der Waals surface area contributed by atoms with Gasteiger partial charge in [0, 0.05) is 17.3 Å². The van der Waals surface area contributed by atoms with E-state index < -0.39 is 0 Å². The average Bonchev–Trinajstić information content (AvgIpc) is 2.41. The Morgan fingerprint density at radius 2 is 1.78 bits per heavy atom. The van der Waals surface area contributed by atoms with Crippen molar-refractivity contribution in [2.45, 2.75) is 44.4 Å². The van der Waals surface area contributed by atoms with Gasteiger partial charge in [0.1, 0.15) is 5.82 Å². The number of nitrogens with one attached hydrogen (secondary N) is 1. The van der Waals surface area contributed by atoms with Crippen LogP contribution in [0.15, 0.2) is 24.3 Å². The van der Waals surface area contributed by atoms with Gasteiger partial charge in [-0.3, -0.25) is 0 Å². The van der Waals surface area contributed by atoms with Crippen LogP contribution in [0, 0.1) is 5.82 Å². The molecule has 1 nitrogen and oxygen atoms in total. The predicted octanol–water partition coefficient (Wildman–Crippen LogP) is 4.40. The summed E-state index contributed by atoms with van der Waals surface area (Å²) in [6.07, 6.45) is 4.50. The minimum atomic E-state index is -0.175. The molecule has 0 aliphatic heterocycles. The molecule has 1 rings (SSSR count). The van der Waals surface area contributed by atoms with Gasteiger partial charge in [0.2, 0.25) is 0 Å². The van der Waals surface area contributed by atoms with Crippen molar-refractivity contribution in [1.29, 1.82) is 0 Å². The second kappa shape index (κ2) is 7.15. The number of benzene rings is 1. The zero-order valence-electron chi connectivity index (χ0n) is 11.8. The normalized spacial score (nSPS) is 13.6.